The molecule has 3 rings (SSSR count). The summed E-state index contributed by atoms with van der Waals surface area (Å²) in [4.78, 5) is 4.50. The lowest BCUT2D eigenvalue weighted by molar-refractivity contribution is 0.459. The number of pyridine rings is 1. The highest BCUT2D eigenvalue weighted by Gasteiger charge is 2.17. The molecule has 3 nitrogen and oxygen atoms in total. The molecular weight excluding hydrogens is 236 g/mol. The Kier molecular flexibility index (Phi) is 2.92. The van der Waals surface area contributed by atoms with Gasteiger partial charge in [0.25, 0.3) is 0 Å². The zero-order valence-corrected chi connectivity index (χ0v) is 10.8. The summed E-state index contributed by atoms with van der Waals surface area (Å²) in [6.45, 7) is 2.03. The van der Waals surface area contributed by atoms with Gasteiger partial charge >= 0.3 is 0 Å². The first-order chi connectivity index (χ1) is 9.26. The number of hydrogen-bond acceptors (Lipinski definition) is 3. The van der Waals surface area contributed by atoms with E-state index in [0.29, 0.717) is 17.2 Å². The number of nitriles is 1. The molecule has 0 fully saturated rings. The van der Waals surface area contributed by atoms with Crippen LogP contribution in [0.3, 0.4) is 0 Å². The lowest BCUT2D eigenvalue weighted by Gasteiger charge is -2.08. The van der Waals surface area contributed by atoms with Gasteiger partial charge in [0, 0.05) is 5.69 Å². The van der Waals surface area contributed by atoms with Gasteiger partial charge in [-0.2, -0.15) is 5.26 Å². The molecular formula is C16H14N2O. The van der Waals surface area contributed by atoms with Crippen molar-refractivity contribution >= 4 is 0 Å². The molecule has 1 heterocycles. The largest absolute Gasteiger partial charge is 0.438 e. The van der Waals surface area contributed by atoms with Gasteiger partial charge in [-0.25, -0.2) is 4.98 Å². The lowest BCUT2D eigenvalue weighted by Crippen LogP contribution is -1.97. The molecule has 0 saturated heterocycles. The van der Waals surface area contributed by atoms with Crippen LogP contribution in [-0.2, 0) is 12.8 Å². The van der Waals surface area contributed by atoms with E-state index in [1.165, 1.54) is 11.1 Å². The van der Waals surface area contributed by atoms with Crippen LogP contribution in [0.15, 0.2) is 30.3 Å². The van der Waals surface area contributed by atoms with E-state index in [1.807, 2.05) is 37.3 Å². The van der Waals surface area contributed by atoms with E-state index < -0.39 is 0 Å². The third kappa shape index (κ3) is 2.30. The summed E-state index contributed by atoms with van der Waals surface area (Å²) in [6.07, 6.45) is 3.11. The molecule has 3 heteroatoms. The van der Waals surface area contributed by atoms with E-state index >= 15 is 0 Å². The minimum absolute atomic E-state index is 0.423. The highest BCUT2D eigenvalue weighted by molar-refractivity contribution is 5.45. The molecule has 0 unspecified atom stereocenters. The number of ether oxygens (including phenoxy) is 1. The van der Waals surface area contributed by atoms with Gasteiger partial charge in [0.05, 0.1) is 0 Å². The second-order valence-electron chi connectivity index (χ2n) is 4.83. The third-order valence-corrected chi connectivity index (χ3v) is 3.37. The molecule has 1 aliphatic rings. The van der Waals surface area contributed by atoms with E-state index in [-0.39, 0.29) is 0 Å². The van der Waals surface area contributed by atoms with E-state index in [9.17, 15) is 5.26 Å². The van der Waals surface area contributed by atoms with Crippen molar-refractivity contribution in [1.82, 2.24) is 4.98 Å². The molecule has 94 valence electrons. The van der Waals surface area contributed by atoms with Crippen molar-refractivity contribution in [3.05, 3.63) is 52.7 Å². The average molecular weight is 250 g/mol. The monoisotopic (exact) mass is 250 g/mol. The van der Waals surface area contributed by atoms with E-state index in [2.05, 4.69) is 11.1 Å². The predicted octanol–water partition coefficient (Wildman–Crippen LogP) is 3.54. The summed E-state index contributed by atoms with van der Waals surface area (Å²) in [5, 5.41) is 9.20. The highest BCUT2D eigenvalue weighted by Crippen LogP contribution is 2.29. The molecule has 0 aliphatic heterocycles. The van der Waals surface area contributed by atoms with Crippen LogP contribution in [-0.4, -0.2) is 4.98 Å². The number of rotatable bonds is 2. The van der Waals surface area contributed by atoms with Gasteiger partial charge in [0.15, 0.2) is 0 Å². The maximum atomic E-state index is 9.20. The van der Waals surface area contributed by atoms with Gasteiger partial charge in [-0.15, -0.1) is 0 Å². The fourth-order valence-corrected chi connectivity index (χ4v) is 2.33. The fraction of sp³-hybridized carbons (Fsp3) is 0.250. The summed E-state index contributed by atoms with van der Waals surface area (Å²) >= 11 is 0. The van der Waals surface area contributed by atoms with Crippen molar-refractivity contribution in [3.63, 3.8) is 0 Å². The van der Waals surface area contributed by atoms with E-state index in [4.69, 9.17) is 4.74 Å². The first-order valence-electron chi connectivity index (χ1n) is 6.43. The number of aryl methyl sites for hydroxylation is 3. The van der Waals surface area contributed by atoms with Crippen LogP contribution in [0.1, 0.15) is 28.8 Å². The molecule has 19 heavy (non-hydrogen) atoms. The maximum absolute atomic E-state index is 9.20. The topological polar surface area (TPSA) is 45.9 Å². The van der Waals surface area contributed by atoms with Gasteiger partial charge in [-0.05, 0) is 49.9 Å². The van der Waals surface area contributed by atoms with Crippen LogP contribution in [0.5, 0.6) is 11.6 Å². The van der Waals surface area contributed by atoms with Gasteiger partial charge in [-0.3, -0.25) is 0 Å². The molecule has 1 aromatic carbocycles. The SMILES string of the molecule is Cc1ccc(Oc2nc3c(cc2C#N)CCC3)cc1. The van der Waals surface area contributed by atoms with Crippen LogP contribution in [0.25, 0.3) is 0 Å². The van der Waals surface area contributed by atoms with Gasteiger partial charge in [0.1, 0.15) is 17.4 Å². The molecule has 2 aromatic rings. The van der Waals surface area contributed by atoms with Gasteiger partial charge in [0.2, 0.25) is 5.88 Å². The van der Waals surface area contributed by atoms with Crippen molar-refractivity contribution < 1.29 is 4.74 Å². The first-order valence-corrected chi connectivity index (χ1v) is 6.43. The molecule has 0 amide bonds. The van der Waals surface area contributed by atoms with Crippen LogP contribution in [0.2, 0.25) is 0 Å². The zero-order valence-electron chi connectivity index (χ0n) is 10.8. The normalized spacial score (nSPS) is 12.8. The Bertz CT molecular complexity index is 654. The minimum atomic E-state index is 0.423. The average Bonchev–Trinajstić information content (AvgIpc) is 2.87. The maximum Gasteiger partial charge on any atom is 0.237 e. The van der Waals surface area contributed by atoms with E-state index in [1.54, 1.807) is 0 Å². The third-order valence-electron chi connectivity index (χ3n) is 3.37. The summed E-state index contributed by atoms with van der Waals surface area (Å²) in [7, 11) is 0. The summed E-state index contributed by atoms with van der Waals surface area (Å²) in [5.41, 5.74) is 3.95. The van der Waals surface area contributed by atoms with Crippen molar-refractivity contribution in [3.8, 4) is 17.7 Å². The molecule has 0 saturated carbocycles. The fourth-order valence-electron chi connectivity index (χ4n) is 2.33. The van der Waals surface area contributed by atoms with Gasteiger partial charge in [-0.1, -0.05) is 17.7 Å². The number of benzene rings is 1. The Morgan fingerprint density at radius 1 is 1.21 bits per heavy atom. The van der Waals surface area contributed by atoms with Crippen LogP contribution in [0.4, 0.5) is 0 Å². The smallest absolute Gasteiger partial charge is 0.237 e. The molecule has 0 atom stereocenters. The number of hydrogen-bond donors (Lipinski definition) is 0. The second kappa shape index (κ2) is 4.74. The van der Waals surface area contributed by atoms with Crippen molar-refractivity contribution in [2.45, 2.75) is 26.2 Å². The standard InChI is InChI=1S/C16H14N2O/c1-11-5-7-14(8-6-11)19-16-13(10-17)9-12-3-2-4-15(12)18-16/h5-9H,2-4H2,1H3. The Labute approximate surface area is 112 Å². The van der Waals surface area contributed by atoms with Gasteiger partial charge < -0.3 is 4.74 Å². The number of fused-ring (bicyclic) bond motifs is 1. The lowest BCUT2D eigenvalue weighted by atomic mass is 10.1. The molecule has 0 bridgehead atoms. The number of nitrogens with zero attached hydrogens (tertiary/aromatic N) is 2. The Balaban J connectivity index is 1.96. The van der Waals surface area contributed by atoms with E-state index in [0.717, 1.165) is 25.0 Å². The van der Waals surface area contributed by atoms with Crippen LogP contribution in [0, 0.1) is 18.3 Å². The first kappa shape index (κ1) is 11.7. The zero-order chi connectivity index (χ0) is 13.2. The summed E-state index contributed by atoms with van der Waals surface area (Å²) < 4.78 is 5.75. The Morgan fingerprint density at radius 2 is 2.00 bits per heavy atom. The summed E-state index contributed by atoms with van der Waals surface area (Å²) in [6, 6.07) is 11.8. The molecule has 0 radical (unpaired) electrons. The van der Waals surface area contributed by atoms with Crippen LogP contribution >= 0.6 is 0 Å². The number of aromatic nitrogens is 1. The Morgan fingerprint density at radius 3 is 2.74 bits per heavy atom. The van der Waals surface area contributed by atoms with Crippen molar-refractivity contribution in [2.75, 3.05) is 0 Å². The predicted molar refractivity (Wildman–Crippen MR) is 72.2 cm³/mol. The second-order valence-corrected chi connectivity index (χ2v) is 4.83. The molecule has 1 aromatic heterocycles. The molecule has 0 spiro atoms. The quantitative estimate of drug-likeness (QED) is 0.818. The molecule has 1 aliphatic carbocycles. The van der Waals surface area contributed by atoms with Crippen LogP contribution < -0.4 is 4.74 Å². The highest BCUT2D eigenvalue weighted by atomic mass is 16.5. The van der Waals surface area contributed by atoms with Crippen molar-refractivity contribution in [2.24, 2.45) is 0 Å². The van der Waals surface area contributed by atoms with Crippen molar-refractivity contribution in [1.29, 1.82) is 5.26 Å². The summed E-state index contributed by atoms with van der Waals surface area (Å²) in [5.74, 6) is 1.14. The minimum Gasteiger partial charge on any atom is -0.438 e. The molecule has 0 N–H and O–H groups in total. The Hall–Kier alpha value is -2.34.